The Bertz CT molecular complexity index is 849. The Morgan fingerprint density at radius 1 is 1.53 bits per heavy atom. The maximum Gasteiger partial charge on any atom is 0.249 e. The lowest BCUT2D eigenvalue weighted by atomic mass is 9.92. The molecule has 30 heavy (non-hydrogen) atoms. The number of pyridine rings is 1. The van der Waals surface area contributed by atoms with E-state index in [0.717, 1.165) is 6.29 Å². The van der Waals surface area contributed by atoms with Crippen LogP contribution in [0, 0.1) is 5.41 Å². The number of carbonyl (C=O) groups is 2. The maximum absolute atomic E-state index is 12.7. The monoisotopic (exact) mass is 416 g/mol. The van der Waals surface area contributed by atoms with Gasteiger partial charge >= 0.3 is 0 Å². The van der Waals surface area contributed by atoms with Crippen molar-refractivity contribution >= 4 is 30.1 Å². The lowest BCUT2D eigenvalue weighted by molar-refractivity contribution is -0.122. The molecule has 0 aromatic carbocycles. The van der Waals surface area contributed by atoms with Crippen molar-refractivity contribution in [1.29, 1.82) is 0 Å². The van der Waals surface area contributed by atoms with Crippen LogP contribution in [0.15, 0.2) is 33.3 Å². The highest BCUT2D eigenvalue weighted by atomic mass is 16.5. The number of hydrogen-bond donors (Lipinski definition) is 2. The first-order chi connectivity index (χ1) is 14.3. The van der Waals surface area contributed by atoms with Crippen molar-refractivity contribution in [3.05, 3.63) is 23.9 Å². The third-order valence-corrected chi connectivity index (χ3v) is 4.43. The van der Waals surface area contributed by atoms with Crippen molar-refractivity contribution in [2.24, 2.45) is 26.1 Å². The second kappa shape index (κ2) is 10.5. The van der Waals surface area contributed by atoms with Gasteiger partial charge in [0, 0.05) is 43.0 Å². The summed E-state index contributed by atoms with van der Waals surface area (Å²) < 4.78 is 10.7. The number of carbonyl (C=O) groups excluding carboxylic acids is 2. The van der Waals surface area contributed by atoms with E-state index in [2.05, 4.69) is 25.3 Å². The maximum atomic E-state index is 12.7. The molecule has 1 aliphatic heterocycles. The van der Waals surface area contributed by atoms with Gasteiger partial charge in [-0.15, -0.1) is 0 Å². The highest BCUT2D eigenvalue weighted by Gasteiger charge is 2.29. The average Bonchev–Trinajstić information content (AvgIpc) is 3.23. The van der Waals surface area contributed by atoms with Gasteiger partial charge in [0.05, 0.1) is 7.11 Å². The zero-order valence-corrected chi connectivity index (χ0v) is 17.7. The summed E-state index contributed by atoms with van der Waals surface area (Å²) in [5, 5.41) is 2.78. The number of nitrogens with one attached hydrogen (secondary N) is 1. The first-order valence-electron chi connectivity index (χ1n) is 9.49. The molecule has 2 heterocycles. The number of rotatable bonds is 10. The number of hydrogen-bond acceptors (Lipinski definition) is 8. The zero-order valence-electron chi connectivity index (χ0n) is 17.7. The molecule has 0 fully saturated rings. The summed E-state index contributed by atoms with van der Waals surface area (Å²) in [7, 11) is 3.09. The molecular weight excluding hydrogens is 388 g/mol. The Hall–Kier alpha value is -3.30. The zero-order chi connectivity index (χ0) is 22.1. The number of aldehydes is 1. The van der Waals surface area contributed by atoms with E-state index in [1.165, 1.54) is 13.3 Å². The number of nitrogens with zero attached hydrogens (tertiary/aromatic N) is 4. The molecule has 1 aromatic rings. The molecule has 0 radical (unpaired) electrons. The highest BCUT2D eigenvalue weighted by molar-refractivity contribution is 6.04. The molecule has 0 aliphatic carbocycles. The molecular formula is C20H28N6O4. The van der Waals surface area contributed by atoms with Crippen LogP contribution in [0.3, 0.4) is 0 Å². The largest absolute Gasteiger partial charge is 0.481 e. The molecule has 2 rings (SSSR count). The second-order valence-electron chi connectivity index (χ2n) is 7.40. The number of ether oxygens (including phenoxy) is 2. The van der Waals surface area contributed by atoms with Crippen LogP contribution in [0.4, 0.5) is 0 Å². The van der Waals surface area contributed by atoms with Crippen molar-refractivity contribution in [3.63, 3.8) is 0 Å². The molecule has 3 N–H and O–H groups in total. The van der Waals surface area contributed by atoms with E-state index in [9.17, 15) is 9.59 Å². The molecule has 1 aromatic heterocycles. The second-order valence-corrected chi connectivity index (χ2v) is 7.40. The number of methoxy groups -OCH3 is 1. The fourth-order valence-corrected chi connectivity index (χ4v) is 2.54. The molecule has 1 aliphatic rings. The van der Waals surface area contributed by atoms with Crippen LogP contribution in [0.25, 0.3) is 0 Å². The van der Waals surface area contributed by atoms with Crippen molar-refractivity contribution in [1.82, 2.24) is 10.3 Å². The van der Waals surface area contributed by atoms with Gasteiger partial charge in [0.1, 0.15) is 24.8 Å². The molecule has 162 valence electrons. The minimum atomic E-state index is -0.728. The van der Waals surface area contributed by atoms with E-state index >= 15 is 0 Å². The third-order valence-electron chi connectivity index (χ3n) is 4.43. The van der Waals surface area contributed by atoms with Crippen molar-refractivity contribution in [2.75, 3.05) is 27.3 Å². The smallest absolute Gasteiger partial charge is 0.249 e. The molecule has 0 bridgehead atoms. The number of amidine groups is 1. The van der Waals surface area contributed by atoms with E-state index < -0.39 is 17.5 Å². The summed E-state index contributed by atoms with van der Waals surface area (Å²) >= 11 is 0. The standard InChI is InChI=1S/C20H28N6O4/c1-20(2,12-27)6-8-24-17(21)14(10-22-3)25-18(28)15-11-30-19(26-15)13-5-7-23-16(9-13)29-4/h5,7,9-10,12,14-15H,6,8,11H2,1-4H3,(H2,21,24)(H,25,28). The van der Waals surface area contributed by atoms with Gasteiger partial charge in [0.15, 0.2) is 6.04 Å². The Labute approximate surface area is 175 Å². The van der Waals surface area contributed by atoms with Gasteiger partial charge in [-0.1, -0.05) is 13.8 Å². The molecule has 1 amide bonds. The van der Waals surface area contributed by atoms with Crippen molar-refractivity contribution in [2.45, 2.75) is 32.4 Å². The molecule has 0 saturated carbocycles. The molecule has 0 spiro atoms. The summed E-state index contributed by atoms with van der Waals surface area (Å²) in [5.41, 5.74) is 6.23. The minimum absolute atomic E-state index is 0.104. The first-order valence-corrected chi connectivity index (χ1v) is 9.49. The van der Waals surface area contributed by atoms with Gasteiger partial charge in [-0.3, -0.25) is 14.8 Å². The van der Waals surface area contributed by atoms with Crippen LogP contribution in [-0.4, -0.2) is 74.5 Å². The molecule has 0 saturated heterocycles. The van der Waals surface area contributed by atoms with Crippen LogP contribution < -0.4 is 15.8 Å². The number of nitrogens with two attached hydrogens (primary N) is 1. The van der Waals surface area contributed by atoms with E-state index in [1.54, 1.807) is 25.4 Å². The fraction of sp³-hybridized carbons (Fsp3) is 0.500. The van der Waals surface area contributed by atoms with E-state index in [1.807, 2.05) is 13.8 Å². The van der Waals surface area contributed by atoms with Crippen molar-refractivity contribution < 1.29 is 19.1 Å². The van der Waals surface area contributed by atoms with E-state index in [4.69, 9.17) is 15.2 Å². The summed E-state index contributed by atoms with van der Waals surface area (Å²) in [5.74, 6) is 0.613. The van der Waals surface area contributed by atoms with Gasteiger partial charge in [-0.05, 0) is 12.5 Å². The van der Waals surface area contributed by atoms with Crippen molar-refractivity contribution in [3.8, 4) is 5.88 Å². The molecule has 2 unspecified atom stereocenters. The summed E-state index contributed by atoms with van der Waals surface area (Å²) in [6.07, 6.45) is 4.50. The summed E-state index contributed by atoms with van der Waals surface area (Å²) in [4.78, 5) is 40.3. The Balaban J connectivity index is 2.04. The molecule has 10 nitrogen and oxygen atoms in total. The van der Waals surface area contributed by atoms with Crippen LogP contribution in [-0.2, 0) is 14.3 Å². The Morgan fingerprint density at radius 2 is 2.30 bits per heavy atom. The van der Waals surface area contributed by atoms with E-state index in [0.29, 0.717) is 30.3 Å². The summed E-state index contributed by atoms with van der Waals surface area (Å²) in [6.45, 7) is 4.12. The Morgan fingerprint density at radius 3 is 2.97 bits per heavy atom. The normalized spacial score (nSPS) is 17.9. The average molecular weight is 416 g/mol. The number of aliphatic imine (C=N–C) groups is 3. The van der Waals surface area contributed by atoms with Gasteiger partial charge < -0.3 is 25.3 Å². The van der Waals surface area contributed by atoms with Gasteiger partial charge in [0.2, 0.25) is 17.7 Å². The summed E-state index contributed by atoms with van der Waals surface area (Å²) in [6, 6.07) is 1.99. The Kier molecular flexibility index (Phi) is 8.02. The predicted octanol–water partition coefficient (Wildman–Crippen LogP) is 0.393. The molecule has 2 atom stereocenters. The fourth-order valence-electron chi connectivity index (χ4n) is 2.54. The first kappa shape index (κ1) is 23.0. The lowest BCUT2D eigenvalue weighted by Gasteiger charge is -2.17. The van der Waals surface area contributed by atoms with E-state index in [-0.39, 0.29) is 18.3 Å². The van der Waals surface area contributed by atoms with Crippen LogP contribution in [0.5, 0.6) is 5.88 Å². The minimum Gasteiger partial charge on any atom is -0.481 e. The lowest BCUT2D eigenvalue weighted by Crippen LogP contribution is -2.49. The predicted molar refractivity (Wildman–Crippen MR) is 114 cm³/mol. The van der Waals surface area contributed by atoms with Crippen LogP contribution in [0.1, 0.15) is 25.8 Å². The SMILES string of the molecule is CN=CC(NC(=O)C1COC(c2ccnc(OC)c2)=N1)C(N)=NCCC(C)(C)C=O. The molecule has 10 heteroatoms. The quantitative estimate of drug-likeness (QED) is 0.321. The topological polar surface area (TPSA) is 141 Å². The third kappa shape index (κ3) is 6.36. The van der Waals surface area contributed by atoms with Crippen LogP contribution in [0.2, 0.25) is 0 Å². The number of aromatic nitrogens is 1. The highest BCUT2D eigenvalue weighted by Crippen LogP contribution is 2.17. The van der Waals surface area contributed by atoms with Gasteiger partial charge in [0.25, 0.3) is 0 Å². The van der Waals surface area contributed by atoms with Gasteiger partial charge in [-0.25, -0.2) is 9.98 Å². The van der Waals surface area contributed by atoms with Crippen LogP contribution >= 0.6 is 0 Å². The van der Waals surface area contributed by atoms with Gasteiger partial charge in [-0.2, -0.15) is 0 Å². The number of amides is 1.